The zero-order valence-corrected chi connectivity index (χ0v) is 20.1. The first-order valence-corrected chi connectivity index (χ1v) is 12.8. The number of alkyl halides is 3. The third kappa shape index (κ3) is 4.03. The van der Waals surface area contributed by atoms with Crippen molar-refractivity contribution in [2.24, 2.45) is 5.92 Å². The van der Waals surface area contributed by atoms with Crippen LogP contribution < -0.4 is 10.2 Å². The van der Waals surface area contributed by atoms with Crippen molar-refractivity contribution in [3.63, 3.8) is 0 Å². The van der Waals surface area contributed by atoms with E-state index in [2.05, 4.69) is 15.3 Å². The summed E-state index contributed by atoms with van der Waals surface area (Å²) in [5.74, 6) is 0.532. The number of piperidine rings is 1. The Morgan fingerprint density at radius 1 is 0.972 bits per heavy atom. The van der Waals surface area contributed by atoms with Crippen molar-refractivity contribution in [2.75, 3.05) is 44.2 Å². The minimum atomic E-state index is -4.28. The molecule has 0 spiro atoms. The molecule has 0 bridgehead atoms. The summed E-state index contributed by atoms with van der Waals surface area (Å²) >= 11 is 0. The Morgan fingerprint density at radius 2 is 1.67 bits per heavy atom. The zero-order valence-electron chi connectivity index (χ0n) is 20.1. The Bertz CT molecular complexity index is 1250. The van der Waals surface area contributed by atoms with Crippen LogP contribution in [0, 0.1) is 5.92 Å². The maximum atomic E-state index is 14.1. The van der Waals surface area contributed by atoms with Gasteiger partial charge in [0.2, 0.25) is 5.91 Å². The van der Waals surface area contributed by atoms with E-state index < -0.39 is 11.6 Å². The number of carbonyl (C=O) groups is 1. The molecule has 6 nitrogen and oxygen atoms in total. The lowest BCUT2D eigenvalue weighted by molar-refractivity contribution is -0.197. The largest absolute Gasteiger partial charge is 0.398 e. The molecule has 190 valence electrons. The van der Waals surface area contributed by atoms with Gasteiger partial charge >= 0.3 is 6.18 Å². The van der Waals surface area contributed by atoms with Crippen LogP contribution in [0.3, 0.4) is 0 Å². The molecule has 1 saturated carbocycles. The molecule has 2 aliphatic heterocycles. The second kappa shape index (κ2) is 8.80. The maximum absolute atomic E-state index is 14.1. The van der Waals surface area contributed by atoms with E-state index in [4.69, 9.17) is 0 Å². The van der Waals surface area contributed by atoms with Gasteiger partial charge in [-0.25, -0.2) is 4.52 Å². The average molecular weight is 498 g/mol. The Balaban J connectivity index is 1.24. The monoisotopic (exact) mass is 497 g/mol. The second-order valence-electron chi connectivity index (χ2n) is 10.3. The molecule has 6 rings (SSSR count). The van der Waals surface area contributed by atoms with Crippen molar-refractivity contribution in [3.05, 3.63) is 54.4 Å². The molecule has 3 fully saturated rings. The Labute approximate surface area is 208 Å². The lowest BCUT2D eigenvalue weighted by Crippen LogP contribution is -2.49. The number of anilines is 1. The SMILES string of the molecule is O=C(C1CC1)N1CCN(c2ccnn3cc(-c4ccc(C5(C(F)(F)F)CCNCC5)cc4)cc23)CC1. The Kier molecular flexibility index (Phi) is 5.70. The summed E-state index contributed by atoms with van der Waals surface area (Å²) in [5.41, 5.74) is 2.32. The number of rotatable bonds is 4. The van der Waals surface area contributed by atoms with Crippen LogP contribution >= 0.6 is 0 Å². The van der Waals surface area contributed by atoms with Gasteiger partial charge in [-0.3, -0.25) is 4.79 Å². The molecule has 0 radical (unpaired) electrons. The standard InChI is InChI=1S/C27H30F3N5O/c28-27(29,30)26(8-11-31-12-9-26)22-5-3-19(4-6-22)21-17-24-23(7-10-32-35(24)18-21)33-13-15-34(16-14-33)25(36)20-1-2-20/h3-7,10,17-18,20,31H,1-2,8-9,11-16H2. The van der Waals surface area contributed by atoms with Crippen LogP contribution in [0.5, 0.6) is 0 Å². The molecule has 0 atom stereocenters. The van der Waals surface area contributed by atoms with Crippen molar-refractivity contribution in [2.45, 2.75) is 37.3 Å². The van der Waals surface area contributed by atoms with Crippen molar-refractivity contribution >= 4 is 17.1 Å². The Morgan fingerprint density at radius 3 is 2.31 bits per heavy atom. The van der Waals surface area contributed by atoms with Crippen molar-refractivity contribution in [1.29, 1.82) is 0 Å². The van der Waals surface area contributed by atoms with Crippen molar-refractivity contribution in [3.8, 4) is 11.1 Å². The summed E-state index contributed by atoms with van der Waals surface area (Å²) in [6.45, 7) is 3.70. The molecule has 4 heterocycles. The fourth-order valence-electron chi connectivity index (χ4n) is 5.75. The summed E-state index contributed by atoms with van der Waals surface area (Å²) in [6, 6.07) is 10.9. The number of benzene rings is 1. The van der Waals surface area contributed by atoms with E-state index in [1.807, 2.05) is 27.7 Å². The Hall–Kier alpha value is -3.07. The number of carbonyl (C=O) groups excluding carboxylic acids is 1. The number of piperazine rings is 1. The van der Waals surface area contributed by atoms with Crippen LogP contribution in [0.25, 0.3) is 16.6 Å². The van der Waals surface area contributed by atoms with Gasteiger partial charge in [0, 0.05) is 50.1 Å². The van der Waals surface area contributed by atoms with E-state index in [0.29, 0.717) is 24.6 Å². The predicted molar refractivity (Wildman–Crippen MR) is 132 cm³/mol. The van der Waals surface area contributed by atoms with Crippen molar-refractivity contribution < 1.29 is 18.0 Å². The molecular weight excluding hydrogens is 467 g/mol. The number of hydrogen-bond donors (Lipinski definition) is 1. The summed E-state index contributed by atoms with van der Waals surface area (Å²) in [7, 11) is 0. The van der Waals surface area contributed by atoms with E-state index in [1.54, 1.807) is 30.5 Å². The third-order valence-electron chi connectivity index (χ3n) is 8.12. The number of hydrogen-bond acceptors (Lipinski definition) is 4. The number of halogens is 3. The van der Waals surface area contributed by atoms with Crippen LogP contribution in [0.2, 0.25) is 0 Å². The summed E-state index contributed by atoms with van der Waals surface area (Å²) in [5, 5.41) is 7.51. The molecule has 9 heteroatoms. The van der Waals surface area contributed by atoms with Gasteiger partial charge in [0.05, 0.1) is 16.6 Å². The first-order chi connectivity index (χ1) is 17.4. The number of nitrogens with zero attached hydrogens (tertiary/aromatic N) is 4. The molecule has 0 unspecified atom stereocenters. The predicted octanol–water partition coefficient (Wildman–Crippen LogP) is 4.24. The molecule has 3 aliphatic rings. The quantitative estimate of drug-likeness (QED) is 0.586. The molecule has 1 N–H and O–H groups in total. The molecule has 1 amide bonds. The first kappa shape index (κ1) is 23.3. The van der Waals surface area contributed by atoms with E-state index in [1.165, 1.54) is 0 Å². The van der Waals surface area contributed by atoms with Gasteiger partial charge in [0.25, 0.3) is 0 Å². The van der Waals surface area contributed by atoms with Gasteiger partial charge in [-0.05, 0) is 62.0 Å². The van der Waals surface area contributed by atoms with Gasteiger partial charge in [0.15, 0.2) is 0 Å². The van der Waals surface area contributed by atoms with Crippen LogP contribution in [0.4, 0.5) is 18.9 Å². The van der Waals surface area contributed by atoms with Crippen molar-refractivity contribution in [1.82, 2.24) is 19.8 Å². The summed E-state index contributed by atoms with van der Waals surface area (Å²) in [6.07, 6.45) is 1.55. The highest BCUT2D eigenvalue weighted by Crippen LogP contribution is 2.47. The molecule has 1 aliphatic carbocycles. The second-order valence-corrected chi connectivity index (χ2v) is 10.3. The summed E-state index contributed by atoms with van der Waals surface area (Å²) in [4.78, 5) is 16.7. The van der Waals surface area contributed by atoms with Gasteiger partial charge in [-0.15, -0.1) is 0 Å². The normalized spacial score (nSPS) is 20.6. The molecule has 2 aromatic heterocycles. The van der Waals surface area contributed by atoms with E-state index >= 15 is 0 Å². The number of fused-ring (bicyclic) bond motifs is 1. The lowest BCUT2D eigenvalue weighted by Gasteiger charge is -2.39. The average Bonchev–Trinajstić information content (AvgIpc) is 3.66. The van der Waals surface area contributed by atoms with Crippen LogP contribution in [0.1, 0.15) is 31.2 Å². The molecule has 36 heavy (non-hydrogen) atoms. The minimum Gasteiger partial charge on any atom is -0.366 e. The summed E-state index contributed by atoms with van der Waals surface area (Å²) < 4.78 is 44.2. The van der Waals surface area contributed by atoms with E-state index in [0.717, 1.165) is 61.4 Å². The van der Waals surface area contributed by atoms with Gasteiger partial charge in [-0.1, -0.05) is 24.3 Å². The lowest BCUT2D eigenvalue weighted by atomic mass is 9.72. The van der Waals surface area contributed by atoms with E-state index in [-0.39, 0.29) is 18.8 Å². The molecular formula is C27H30F3N5O. The van der Waals surface area contributed by atoms with Gasteiger partial charge < -0.3 is 15.1 Å². The zero-order chi connectivity index (χ0) is 24.9. The highest BCUT2D eigenvalue weighted by molar-refractivity contribution is 5.82. The van der Waals surface area contributed by atoms with Gasteiger partial charge in [0.1, 0.15) is 0 Å². The highest BCUT2D eigenvalue weighted by Gasteiger charge is 2.55. The topological polar surface area (TPSA) is 52.9 Å². The number of aromatic nitrogens is 2. The fourth-order valence-corrected chi connectivity index (χ4v) is 5.75. The molecule has 2 saturated heterocycles. The smallest absolute Gasteiger partial charge is 0.366 e. The number of nitrogens with one attached hydrogen (secondary N) is 1. The first-order valence-electron chi connectivity index (χ1n) is 12.8. The van der Waals surface area contributed by atoms with Crippen LogP contribution in [-0.4, -0.2) is 65.9 Å². The minimum absolute atomic E-state index is 0.0543. The van der Waals surface area contributed by atoms with E-state index in [9.17, 15) is 18.0 Å². The number of amides is 1. The molecule has 1 aromatic carbocycles. The van der Waals surface area contributed by atoms with Gasteiger partial charge in [-0.2, -0.15) is 18.3 Å². The molecule has 3 aromatic rings. The fraction of sp³-hybridized carbons (Fsp3) is 0.481. The maximum Gasteiger partial charge on any atom is 0.398 e. The van der Waals surface area contributed by atoms with Crippen LogP contribution in [-0.2, 0) is 10.2 Å². The van der Waals surface area contributed by atoms with Crippen LogP contribution in [0.15, 0.2) is 48.8 Å². The highest BCUT2D eigenvalue weighted by atomic mass is 19.4. The third-order valence-corrected chi connectivity index (χ3v) is 8.12.